The van der Waals surface area contributed by atoms with Crippen molar-refractivity contribution >= 4 is 29.0 Å². The van der Waals surface area contributed by atoms with Crippen LogP contribution in [0.4, 0.5) is 5.69 Å². The summed E-state index contributed by atoms with van der Waals surface area (Å²) in [5.74, 6) is -2.85. The van der Waals surface area contributed by atoms with Gasteiger partial charge in [0.2, 0.25) is 5.78 Å². The van der Waals surface area contributed by atoms with Crippen molar-refractivity contribution in [1.29, 1.82) is 0 Å². The van der Waals surface area contributed by atoms with Gasteiger partial charge < -0.3 is 5.11 Å². The van der Waals surface area contributed by atoms with Crippen molar-refractivity contribution in [2.24, 2.45) is 0 Å². The third kappa shape index (κ3) is 2.74. The lowest BCUT2D eigenvalue weighted by atomic mass is 10.2. The van der Waals surface area contributed by atoms with E-state index in [9.17, 15) is 19.7 Å². The molecule has 0 aliphatic carbocycles. The van der Waals surface area contributed by atoms with Gasteiger partial charge in [-0.15, -0.1) is 0 Å². The zero-order valence-corrected chi connectivity index (χ0v) is 8.47. The lowest BCUT2D eigenvalue weighted by molar-refractivity contribution is -0.385. The highest BCUT2D eigenvalue weighted by atomic mass is 35.5. The Kier molecular flexibility index (Phi) is 3.51. The second-order valence-electron chi connectivity index (χ2n) is 2.76. The van der Waals surface area contributed by atoms with E-state index < -0.39 is 28.8 Å². The van der Waals surface area contributed by atoms with Crippen molar-refractivity contribution < 1.29 is 19.6 Å². The summed E-state index contributed by atoms with van der Waals surface area (Å²) in [4.78, 5) is 34.5. The van der Waals surface area contributed by atoms with Gasteiger partial charge in [-0.05, 0) is 6.07 Å². The summed E-state index contributed by atoms with van der Waals surface area (Å²) in [7, 11) is 0. The summed E-state index contributed by atoms with van der Waals surface area (Å²) in [6, 6.07) is 2.26. The van der Waals surface area contributed by atoms with Gasteiger partial charge >= 0.3 is 5.97 Å². The monoisotopic (exact) mass is 244 g/mol. The van der Waals surface area contributed by atoms with Gasteiger partial charge in [-0.25, -0.2) is 9.78 Å². The van der Waals surface area contributed by atoms with Crippen LogP contribution in [0.25, 0.3) is 0 Å². The van der Waals surface area contributed by atoms with Crippen molar-refractivity contribution in [3.05, 3.63) is 33.1 Å². The minimum Gasteiger partial charge on any atom is -0.475 e. The number of carboxylic acid groups (broad SMARTS) is 1. The van der Waals surface area contributed by atoms with Crippen LogP contribution in [0.2, 0.25) is 5.15 Å². The molecule has 0 aromatic carbocycles. The standard InChI is InChI=1S/C8H5ClN2O5/c9-7-2-1-5(11(15)16)4(10-7)3-6(12)8(13)14/h1-2H,3H2,(H,13,14). The smallest absolute Gasteiger partial charge is 0.372 e. The predicted molar refractivity (Wildman–Crippen MR) is 52.2 cm³/mol. The van der Waals surface area contributed by atoms with E-state index in [1.54, 1.807) is 0 Å². The molecule has 1 rings (SSSR count). The van der Waals surface area contributed by atoms with Gasteiger partial charge in [-0.3, -0.25) is 14.9 Å². The predicted octanol–water partition coefficient (Wildman–Crippen LogP) is 0.839. The first-order valence-corrected chi connectivity index (χ1v) is 4.35. The zero-order chi connectivity index (χ0) is 12.3. The maximum atomic E-state index is 10.9. The molecule has 0 aliphatic heterocycles. The van der Waals surface area contributed by atoms with E-state index in [4.69, 9.17) is 16.7 Å². The topological polar surface area (TPSA) is 110 Å². The molecule has 0 amide bonds. The average Bonchev–Trinajstić information content (AvgIpc) is 2.16. The van der Waals surface area contributed by atoms with Crippen molar-refractivity contribution in [3.8, 4) is 0 Å². The molecular formula is C8H5ClN2O5. The van der Waals surface area contributed by atoms with Gasteiger partial charge in [-0.2, -0.15) is 0 Å². The number of ketones is 1. The number of halogens is 1. The number of nitrogens with zero attached hydrogens (tertiary/aromatic N) is 2. The van der Waals surface area contributed by atoms with Crippen molar-refractivity contribution in [2.45, 2.75) is 6.42 Å². The Hall–Kier alpha value is -2.02. The van der Waals surface area contributed by atoms with E-state index in [1.165, 1.54) is 6.07 Å². The Morgan fingerprint density at radius 1 is 1.50 bits per heavy atom. The summed E-state index contributed by atoms with van der Waals surface area (Å²) < 4.78 is 0. The highest BCUT2D eigenvalue weighted by molar-refractivity contribution is 6.33. The van der Waals surface area contributed by atoms with E-state index in [0.717, 1.165) is 6.07 Å². The molecule has 84 valence electrons. The fourth-order valence-electron chi connectivity index (χ4n) is 0.991. The third-order valence-electron chi connectivity index (χ3n) is 1.68. The van der Waals surface area contributed by atoms with Crippen LogP contribution in [0.3, 0.4) is 0 Å². The molecule has 0 radical (unpaired) electrons. The molecule has 1 aromatic rings. The zero-order valence-electron chi connectivity index (χ0n) is 7.71. The number of rotatable bonds is 4. The minimum absolute atomic E-state index is 0.0428. The van der Waals surface area contributed by atoms with E-state index in [1.807, 2.05) is 0 Å². The Morgan fingerprint density at radius 2 is 2.12 bits per heavy atom. The lowest BCUT2D eigenvalue weighted by Crippen LogP contribution is -2.16. The van der Waals surface area contributed by atoms with Gasteiger partial charge in [0, 0.05) is 6.07 Å². The average molecular weight is 245 g/mol. The highest BCUT2D eigenvalue weighted by Gasteiger charge is 2.21. The molecule has 0 fully saturated rings. The van der Waals surface area contributed by atoms with Crippen LogP contribution in [0, 0.1) is 10.1 Å². The highest BCUT2D eigenvalue weighted by Crippen LogP contribution is 2.19. The third-order valence-corrected chi connectivity index (χ3v) is 1.89. The number of aliphatic carboxylic acids is 1. The van der Waals surface area contributed by atoms with Crippen LogP contribution in [0.1, 0.15) is 5.69 Å². The first-order valence-electron chi connectivity index (χ1n) is 3.97. The van der Waals surface area contributed by atoms with Crippen molar-refractivity contribution in [2.75, 3.05) is 0 Å². The molecule has 0 unspecified atom stereocenters. The molecule has 0 atom stereocenters. The molecule has 0 spiro atoms. The Labute approximate surface area is 93.8 Å². The first kappa shape index (κ1) is 12.1. The first-order chi connectivity index (χ1) is 7.41. The normalized spacial score (nSPS) is 9.81. The fraction of sp³-hybridized carbons (Fsp3) is 0.125. The molecule has 0 aliphatic rings. The summed E-state index contributed by atoms with van der Waals surface area (Å²) in [5.41, 5.74) is -0.691. The summed E-state index contributed by atoms with van der Waals surface area (Å²) in [6.07, 6.45) is -0.661. The van der Waals surface area contributed by atoms with Crippen LogP contribution in [-0.4, -0.2) is 26.8 Å². The Morgan fingerprint density at radius 3 is 2.62 bits per heavy atom. The molecule has 16 heavy (non-hydrogen) atoms. The maximum absolute atomic E-state index is 10.9. The Bertz CT molecular complexity index is 473. The molecular weight excluding hydrogens is 240 g/mol. The van der Waals surface area contributed by atoms with Crippen LogP contribution in [0.15, 0.2) is 12.1 Å². The number of carboxylic acids is 1. The van der Waals surface area contributed by atoms with Crippen LogP contribution < -0.4 is 0 Å². The minimum atomic E-state index is -1.67. The number of carbonyl (C=O) groups excluding carboxylic acids is 1. The lowest BCUT2D eigenvalue weighted by Gasteiger charge is -1.99. The number of nitro groups is 1. The SMILES string of the molecule is O=C(O)C(=O)Cc1nc(Cl)ccc1[N+](=O)[O-]. The molecule has 1 heterocycles. The molecule has 0 saturated heterocycles. The Balaban J connectivity index is 3.10. The van der Waals surface area contributed by atoms with E-state index in [-0.39, 0.29) is 10.8 Å². The fourth-order valence-corrected chi connectivity index (χ4v) is 1.16. The number of pyridine rings is 1. The maximum Gasteiger partial charge on any atom is 0.372 e. The van der Waals surface area contributed by atoms with Crippen LogP contribution in [0.5, 0.6) is 0 Å². The second-order valence-corrected chi connectivity index (χ2v) is 3.15. The summed E-state index contributed by atoms with van der Waals surface area (Å²) >= 11 is 5.49. The van der Waals surface area contributed by atoms with Gasteiger partial charge in [0.1, 0.15) is 10.8 Å². The number of Topliss-reactive ketones (excluding diaryl/α,β-unsaturated/α-hetero) is 1. The van der Waals surface area contributed by atoms with Gasteiger partial charge in [0.25, 0.3) is 5.69 Å². The van der Waals surface area contributed by atoms with Gasteiger partial charge in [-0.1, -0.05) is 11.6 Å². The second kappa shape index (κ2) is 4.67. The largest absolute Gasteiger partial charge is 0.475 e. The van der Waals surface area contributed by atoms with Crippen molar-refractivity contribution in [1.82, 2.24) is 4.98 Å². The van der Waals surface area contributed by atoms with E-state index in [0.29, 0.717) is 0 Å². The van der Waals surface area contributed by atoms with E-state index in [2.05, 4.69) is 4.98 Å². The number of carbonyl (C=O) groups is 2. The number of hydrogen-bond donors (Lipinski definition) is 1. The summed E-state index contributed by atoms with van der Waals surface area (Å²) in [5, 5.41) is 18.9. The van der Waals surface area contributed by atoms with Crippen LogP contribution in [-0.2, 0) is 16.0 Å². The molecule has 0 saturated carbocycles. The quantitative estimate of drug-likeness (QED) is 0.364. The molecule has 1 aromatic heterocycles. The number of hydrogen-bond acceptors (Lipinski definition) is 5. The molecule has 7 nitrogen and oxygen atoms in total. The molecule has 1 N–H and O–H groups in total. The van der Waals surface area contributed by atoms with Crippen LogP contribution >= 0.6 is 11.6 Å². The molecule has 0 bridgehead atoms. The van der Waals surface area contributed by atoms with E-state index >= 15 is 0 Å². The molecule has 8 heteroatoms. The van der Waals surface area contributed by atoms with Crippen molar-refractivity contribution in [3.63, 3.8) is 0 Å². The van der Waals surface area contributed by atoms with Gasteiger partial charge in [0.15, 0.2) is 0 Å². The van der Waals surface area contributed by atoms with Gasteiger partial charge in [0.05, 0.1) is 11.3 Å². The summed E-state index contributed by atoms with van der Waals surface area (Å²) in [6.45, 7) is 0. The number of aromatic nitrogens is 1.